The number of aryl methyl sites for hydroxylation is 2. The van der Waals surface area contributed by atoms with Crippen molar-refractivity contribution in [1.82, 2.24) is 4.57 Å². The van der Waals surface area contributed by atoms with Gasteiger partial charge in [0.2, 0.25) is 11.8 Å². The molecule has 4 nitrogen and oxygen atoms in total. The summed E-state index contributed by atoms with van der Waals surface area (Å²) in [4.78, 5) is 27.2. The van der Waals surface area contributed by atoms with Gasteiger partial charge in [-0.05, 0) is 37.1 Å². The van der Waals surface area contributed by atoms with E-state index in [-0.39, 0.29) is 18.2 Å². The molecule has 1 aromatic heterocycles. The van der Waals surface area contributed by atoms with Crippen LogP contribution in [0.1, 0.15) is 43.2 Å². The molecule has 2 amide bonds. The van der Waals surface area contributed by atoms with Crippen molar-refractivity contribution in [1.29, 1.82) is 0 Å². The van der Waals surface area contributed by atoms with E-state index in [1.165, 1.54) is 4.90 Å². The number of benzene rings is 2. The lowest BCUT2D eigenvalue weighted by atomic mass is 9.97. The fraction of sp³-hybridized carbons (Fsp3) is 0.304. The highest BCUT2D eigenvalue weighted by molar-refractivity contribution is 6.23. The van der Waals surface area contributed by atoms with Crippen LogP contribution in [-0.4, -0.2) is 16.4 Å². The molecule has 0 bridgehead atoms. The summed E-state index contributed by atoms with van der Waals surface area (Å²) < 4.78 is 2.22. The number of unbranched alkanes of at least 4 members (excludes halogenated alkanes) is 1. The van der Waals surface area contributed by atoms with Crippen LogP contribution in [0.3, 0.4) is 0 Å². The standard InChI is InChI=1S/C23H24N2O2/c1-3-4-13-24-15-20(18-7-5-6-8-21(18)24)19-14-22(26)25(23(19)27)17-11-9-16(2)10-12-17/h5-12,15,19H,3-4,13-14H2,1-2H3/t19-/m0/s1. The van der Waals surface area contributed by atoms with Crippen LogP contribution in [0.2, 0.25) is 0 Å². The number of hydrogen-bond donors (Lipinski definition) is 0. The van der Waals surface area contributed by atoms with Gasteiger partial charge in [0, 0.05) is 30.1 Å². The summed E-state index contributed by atoms with van der Waals surface area (Å²) >= 11 is 0. The second-order valence-electron chi connectivity index (χ2n) is 7.31. The number of aromatic nitrogens is 1. The van der Waals surface area contributed by atoms with E-state index in [1.807, 2.05) is 43.3 Å². The predicted octanol–water partition coefficient (Wildman–Crippen LogP) is 4.80. The quantitative estimate of drug-likeness (QED) is 0.614. The highest BCUT2D eigenvalue weighted by Crippen LogP contribution is 2.37. The zero-order valence-corrected chi connectivity index (χ0v) is 15.8. The van der Waals surface area contributed by atoms with Gasteiger partial charge in [-0.25, -0.2) is 0 Å². The van der Waals surface area contributed by atoms with E-state index in [9.17, 15) is 9.59 Å². The van der Waals surface area contributed by atoms with Gasteiger partial charge >= 0.3 is 0 Å². The number of carbonyl (C=O) groups excluding carboxylic acids is 2. The molecule has 0 spiro atoms. The molecule has 4 heteroatoms. The molecule has 138 valence electrons. The summed E-state index contributed by atoms with van der Waals surface area (Å²) in [6, 6.07) is 15.7. The topological polar surface area (TPSA) is 42.3 Å². The lowest BCUT2D eigenvalue weighted by Crippen LogP contribution is -2.29. The number of nitrogens with zero attached hydrogens (tertiary/aromatic N) is 2. The monoisotopic (exact) mass is 360 g/mol. The van der Waals surface area contributed by atoms with Crippen molar-refractivity contribution in [3.05, 3.63) is 65.9 Å². The van der Waals surface area contributed by atoms with E-state index < -0.39 is 5.92 Å². The second kappa shape index (κ2) is 7.03. The average Bonchev–Trinajstić information content (AvgIpc) is 3.18. The summed E-state index contributed by atoms with van der Waals surface area (Å²) in [6.45, 7) is 5.09. The molecule has 1 saturated heterocycles. The van der Waals surface area contributed by atoms with Gasteiger partial charge in [-0.15, -0.1) is 0 Å². The van der Waals surface area contributed by atoms with E-state index in [1.54, 1.807) is 0 Å². The Balaban J connectivity index is 1.73. The van der Waals surface area contributed by atoms with Crippen LogP contribution >= 0.6 is 0 Å². The Morgan fingerprint density at radius 1 is 1.04 bits per heavy atom. The molecule has 1 aliphatic rings. The fourth-order valence-electron chi connectivity index (χ4n) is 3.91. The van der Waals surface area contributed by atoms with Crippen molar-refractivity contribution in [2.75, 3.05) is 4.90 Å². The summed E-state index contributed by atoms with van der Waals surface area (Å²) in [5, 5.41) is 1.07. The molecule has 0 radical (unpaired) electrons. The number of para-hydroxylation sites is 1. The second-order valence-corrected chi connectivity index (χ2v) is 7.31. The normalized spacial score (nSPS) is 17.3. The van der Waals surface area contributed by atoms with Crippen molar-refractivity contribution in [3.8, 4) is 0 Å². The third-order valence-corrected chi connectivity index (χ3v) is 5.39. The molecule has 0 saturated carbocycles. The Morgan fingerprint density at radius 3 is 2.52 bits per heavy atom. The average molecular weight is 360 g/mol. The van der Waals surface area contributed by atoms with Crippen LogP contribution in [-0.2, 0) is 16.1 Å². The Morgan fingerprint density at radius 2 is 1.78 bits per heavy atom. The predicted molar refractivity (Wildman–Crippen MR) is 108 cm³/mol. The van der Waals surface area contributed by atoms with Gasteiger partial charge in [0.15, 0.2) is 0 Å². The summed E-state index contributed by atoms with van der Waals surface area (Å²) in [5.74, 6) is -0.659. The van der Waals surface area contributed by atoms with Gasteiger partial charge in [-0.2, -0.15) is 0 Å². The van der Waals surface area contributed by atoms with E-state index in [4.69, 9.17) is 0 Å². The number of rotatable bonds is 5. The van der Waals surface area contributed by atoms with Crippen molar-refractivity contribution < 1.29 is 9.59 Å². The van der Waals surface area contributed by atoms with Crippen molar-refractivity contribution >= 4 is 28.4 Å². The first-order chi connectivity index (χ1) is 13.1. The van der Waals surface area contributed by atoms with Crippen LogP contribution in [0.25, 0.3) is 10.9 Å². The highest BCUT2D eigenvalue weighted by Gasteiger charge is 2.41. The lowest BCUT2D eigenvalue weighted by Gasteiger charge is -2.15. The first kappa shape index (κ1) is 17.5. The molecule has 1 fully saturated rings. The largest absolute Gasteiger partial charge is 0.347 e. The number of carbonyl (C=O) groups is 2. The molecule has 27 heavy (non-hydrogen) atoms. The number of anilines is 1. The van der Waals surface area contributed by atoms with Crippen LogP contribution in [0.4, 0.5) is 5.69 Å². The van der Waals surface area contributed by atoms with Gasteiger partial charge in [0.1, 0.15) is 0 Å². The van der Waals surface area contributed by atoms with Crippen LogP contribution in [0.5, 0.6) is 0 Å². The van der Waals surface area contributed by atoms with Gasteiger partial charge in [-0.3, -0.25) is 14.5 Å². The van der Waals surface area contributed by atoms with E-state index >= 15 is 0 Å². The minimum atomic E-state index is -0.411. The SMILES string of the molecule is CCCCn1cc([C@@H]2CC(=O)N(c3ccc(C)cc3)C2=O)c2ccccc21. The molecule has 0 aliphatic carbocycles. The third kappa shape index (κ3) is 3.05. The van der Waals surface area contributed by atoms with E-state index in [0.29, 0.717) is 5.69 Å². The number of hydrogen-bond acceptors (Lipinski definition) is 2. The Kier molecular flexibility index (Phi) is 4.56. The van der Waals surface area contributed by atoms with Gasteiger partial charge in [0.25, 0.3) is 0 Å². The lowest BCUT2D eigenvalue weighted by molar-refractivity contribution is -0.121. The molecular weight excluding hydrogens is 336 g/mol. The third-order valence-electron chi connectivity index (χ3n) is 5.39. The molecule has 1 aliphatic heterocycles. The number of imide groups is 1. The highest BCUT2D eigenvalue weighted by atomic mass is 16.2. The van der Waals surface area contributed by atoms with E-state index in [0.717, 1.165) is 41.4 Å². The van der Waals surface area contributed by atoms with Gasteiger partial charge in [0.05, 0.1) is 11.6 Å². The van der Waals surface area contributed by atoms with E-state index in [2.05, 4.69) is 29.8 Å². The maximum Gasteiger partial charge on any atom is 0.241 e. The molecule has 2 heterocycles. The minimum Gasteiger partial charge on any atom is -0.347 e. The summed E-state index contributed by atoms with van der Waals surface area (Å²) in [7, 11) is 0. The molecule has 4 rings (SSSR count). The maximum atomic E-state index is 13.2. The molecular formula is C23H24N2O2. The maximum absolute atomic E-state index is 13.2. The Hall–Kier alpha value is -2.88. The molecule has 3 aromatic rings. The molecule has 0 N–H and O–H groups in total. The van der Waals surface area contributed by atoms with Crippen molar-refractivity contribution in [2.24, 2.45) is 0 Å². The van der Waals surface area contributed by atoms with Crippen molar-refractivity contribution in [2.45, 2.75) is 45.6 Å². The summed E-state index contributed by atoms with van der Waals surface area (Å²) in [6.07, 6.45) is 4.51. The molecule has 1 atom stereocenters. The first-order valence-electron chi connectivity index (χ1n) is 9.61. The summed E-state index contributed by atoms with van der Waals surface area (Å²) in [5.41, 5.74) is 3.87. The fourth-order valence-corrected chi connectivity index (χ4v) is 3.91. The van der Waals surface area contributed by atoms with Crippen LogP contribution < -0.4 is 4.90 Å². The Bertz CT molecular complexity index is 1000. The van der Waals surface area contributed by atoms with Crippen molar-refractivity contribution in [3.63, 3.8) is 0 Å². The zero-order valence-electron chi connectivity index (χ0n) is 15.8. The number of amides is 2. The molecule has 2 aromatic carbocycles. The number of fused-ring (bicyclic) bond motifs is 1. The smallest absolute Gasteiger partial charge is 0.241 e. The first-order valence-corrected chi connectivity index (χ1v) is 9.61. The zero-order chi connectivity index (χ0) is 19.0. The van der Waals surface area contributed by atoms with Crippen LogP contribution in [0.15, 0.2) is 54.7 Å². The van der Waals surface area contributed by atoms with Gasteiger partial charge < -0.3 is 4.57 Å². The minimum absolute atomic E-state index is 0.123. The Labute approximate surface area is 159 Å². The van der Waals surface area contributed by atoms with Crippen LogP contribution in [0, 0.1) is 6.92 Å². The molecule has 0 unspecified atom stereocenters. The van der Waals surface area contributed by atoms with Gasteiger partial charge in [-0.1, -0.05) is 49.2 Å².